The first-order valence-electron chi connectivity index (χ1n) is 15.8. The molecular formula is C34H36N10O3. The lowest BCUT2D eigenvalue weighted by atomic mass is 10.2. The molecule has 2 fully saturated rings. The Balaban J connectivity index is 1.20. The summed E-state index contributed by atoms with van der Waals surface area (Å²) in [5, 5.41) is 25.1. The molecule has 2 saturated heterocycles. The van der Waals surface area contributed by atoms with E-state index < -0.39 is 0 Å². The Bertz CT molecular complexity index is 1620. The summed E-state index contributed by atoms with van der Waals surface area (Å²) in [7, 11) is 0. The predicted octanol–water partition coefficient (Wildman–Crippen LogP) is 2.86. The lowest BCUT2D eigenvalue weighted by molar-refractivity contribution is 0.320. The molecule has 6 rings (SSSR count). The summed E-state index contributed by atoms with van der Waals surface area (Å²) in [6.45, 7) is 7.13. The van der Waals surface area contributed by atoms with Crippen LogP contribution in [-0.2, 0) is 12.8 Å². The van der Waals surface area contributed by atoms with Crippen LogP contribution in [0.25, 0.3) is 0 Å². The van der Waals surface area contributed by atoms with Gasteiger partial charge in [0.1, 0.15) is 11.5 Å². The Kier molecular flexibility index (Phi) is 10.5. The van der Waals surface area contributed by atoms with Crippen molar-refractivity contribution in [2.75, 3.05) is 75.4 Å². The van der Waals surface area contributed by atoms with Crippen LogP contribution in [0.1, 0.15) is 22.5 Å². The van der Waals surface area contributed by atoms with E-state index in [1.165, 1.54) is 0 Å². The van der Waals surface area contributed by atoms with Crippen molar-refractivity contribution in [3.05, 3.63) is 83.4 Å². The second kappa shape index (κ2) is 15.7. The van der Waals surface area contributed by atoms with Crippen molar-refractivity contribution >= 4 is 11.6 Å². The zero-order chi connectivity index (χ0) is 32.3. The summed E-state index contributed by atoms with van der Waals surface area (Å²) >= 11 is 0. The van der Waals surface area contributed by atoms with Crippen molar-refractivity contribution in [1.82, 2.24) is 30.6 Å². The van der Waals surface area contributed by atoms with Gasteiger partial charge in [-0.15, -0.1) is 0 Å². The second-order valence-corrected chi connectivity index (χ2v) is 11.0. The molecule has 4 heterocycles. The van der Waals surface area contributed by atoms with E-state index in [4.69, 9.17) is 34.1 Å². The zero-order valence-electron chi connectivity index (χ0n) is 26.1. The summed E-state index contributed by atoms with van der Waals surface area (Å²) in [5.41, 5.74) is 2.64. The maximum atomic E-state index is 9.17. The van der Waals surface area contributed by atoms with Crippen molar-refractivity contribution in [3.63, 3.8) is 0 Å². The quantitative estimate of drug-likeness (QED) is 0.235. The van der Waals surface area contributed by atoms with Gasteiger partial charge in [0.15, 0.2) is 11.6 Å². The van der Waals surface area contributed by atoms with Crippen LogP contribution in [0.2, 0.25) is 0 Å². The van der Waals surface area contributed by atoms with Gasteiger partial charge in [-0.2, -0.15) is 10.5 Å². The highest BCUT2D eigenvalue weighted by molar-refractivity contribution is 5.55. The smallest absolute Gasteiger partial charge is 0.264 e. The van der Waals surface area contributed by atoms with Gasteiger partial charge in [-0.05, 0) is 36.4 Å². The highest BCUT2D eigenvalue weighted by Gasteiger charge is 2.24. The number of nitrogens with zero attached hydrogens (tertiary/aromatic N) is 8. The third-order valence-corrected chi connectivity index (χ3v) is 7.75. The number of rotatable bonds is 12. The van der Waals surface area contributed by atoms with E-state index in [0.717, 1.165) is 63.7 Å². The average Bonchev–Trinajstić information content (AvgIpc) is 3.13. The minimum atomic E-state index is 0.373. The van der Waals surface area contributed by atoms with E-state index in [9.17, 15) is 10.5 Å². The van der Waals surface area contributed by atoms with Crippen LogP contribution in [0.3, 0.4) is 0 Å². The highest BCUT2D eigenvalue weighted by atomic mass is 16.5. The first-order chi connectivity index (χ1) is 23.2. The van der Waals surface area contributed by atoms with E-state index >= 15 is 0 Å². The van der Waals surface area contributed by atoms with E-state index in [1.807, 2.05) is 12.1 Å². The largest absolute Gasteiger partial charge is 0.493 e. The molecule has 0 radical (unpaired) electrons. The Morgan fingerprint density at radius 1 is 0.660 bits per heavy atom. The summed E-state index contributed by atoms with van der Waals surface area (Å²) in [6, 6.07) is 18.5. The van der Waals surface area contributed by atoms with Crippen molar-refractivity contribution in [1.29, 1.82) is 10.5 Å². The van der Waals surface area contributed by atoms with Crippen LogP contribution in [0.4, 0.5) is 11.6 Å². The number of hydrogen-bond donors (Lipinski definition) is 2. The number of benzene rings is 2. The van der Waals surface area contributed by atoms with Gasteiger partial charge in [-0.25, -0.2) is 19.9 Å². The van der Waals surface area contributed by atoms with Gasteiger partial charge in [0.05, 0.1) is 60.3 Å². The molecule has 2 N–H and O–H groups in total. The van der Waals surface area contributed by atoms with Gasteiger partial charge < -0.3 is 34.6 Å². The molecule has 0 spiro atoms. The van der Waals surface area contributed by atoms with Crippen LogP contribution >= 0.6 is 0 Å². The van der Waals surface area contributed by atoms with E-state index in [2.05, 4.69) is 32.6 Å². The van der Waals surface area contributed by atoms with Crippen LogP contribution in [0, 0.1) is 22.7 Å². The maximum Gasteiger partial charge on any atom is 0.264 e. The number of nitriles is 2. The molecule has 0 saturated carbocycles. The minimum Gasteiger partial charge on any atom is -0.493 e. The van der Waals surface area contributed by atoms with Gasteiger partial charge >= 0.3 is 0 Å². The minimum absolute atomic E-state index is 0.373. The first kappa shape index (κ1) is 31.5. The van der Waals surface area contributed by atoms with Gasteiger partial charge in [0, 0.05) is 65.2 Å². The maximum absolute atomic E-state index is 9.17. The lowest BCUT2D eigenvalue weighted by Crippen LogP contribution is -2.44. The van der Waals surface area contributed by atoms with Crippen LogP contribution < -0.4 is 34.6 Å². The molecule has 4 aromatic rings. The molecule has 0 aliphatic carbocycles. The molecule has 0 bridgehead atoms. The monoisotopic (exact) mass is 632 g/mol. The van der Waals surface area contributed by atoms with Crippen LogP contribution in [-0.4, -0.2) is 85.5 Å². The Labute approximate surface area is 273 Å². The molecule has 2 aliphatic heterocycles. The Hall–Kier alpha value is -5.50. The van der Waals surface area contributed by atoms with Crippen LogP contribution in [0.5, 0.6) is 23.3 Å². The standard InChI is InChI=1S/C34H36N10O3/c35-21-25-3-1-5-29(19-25)45-17-7-27-23-39-33(31(41-27)43-13-9-37-10-14-43)47-34-32(44-15-11-38-12-16-44)42-28(24-40-34)8-18-46-30-6-2-4-26(20-30)22-36/h1-6,19-20,23-24,37-38H,7-18H2. The summed E-state index contributed by atoms with van der Waals surface area (Å²) in [4.78, 5) is 23.7. The molecule has 47 heavy (non-hydrogen) atoms. The molecule has 0 atom stereocenters. The van der Waals surface area contributed by atoms with Gasteiger partial charge in [0.25, 0.3) is 11.8 Å². The molecule has 0 unspecified atom stereocenters. The third kappa shape index (κ3) is 8.41. The summed E-state index contributed by atoms with van der Waals surface area (Å²) < 4.78 is 18.3. The fourth-order valence-corrected chi connectivity index (χ4v) is 5.31. The van der Waals surface area contributed by atoms with E-state index in [-0.39, 0.29) is 0 Å². The van der Waals surface area contributed by atoms with Crippen molar-refractivity contribution in [2.45, 2.75) is 12.8 Å². The molecule has 2 aliphatic rings. The topological polar surface area (TPSA) is 157 Å². The predicted molar refractivity (Wildman–Crippen MR) is 175 cm³/mol. The number of hydrogen-bond acceptors (Lipinski definition) is 13. The Morgan fingerprint density at radius 3 is 1.53 bits per heavy atom. The van der Waals surface area contributed by atoms with Crippen LogP contribution in [0.15, 0.2) is 60.9 Å². The van der Waals surface area contributed by atoms with Gasteiger partial charge in [-0.1, -0.05) is 12.1 Å². The van der Waals surface area contributed by atoms with E-state index in [1.54, 1.807) is 48.8 Å². The molecule has 2 aromatic carbocycles. The van der Waals surface area contributed by atoms with Crippen molar-refractivity contribution in [2.24, 2.45) is 0 Å². The Morgan fingerprint density at radius 2 is 1.11 bits per heavy atom. The average molecular weight is 633 g/mol. The van der Waals surface area contributed by atoms with Gasteiger partial charge in [0.2, 0.25) is 0 Å². The lowest BCUT2D eigenvalue weighted by Gasteiger charge is -2.31. The molecule has 13 nitrogen and oxygen atoms in total. The first-order valence-corrected chi connectivity index (χ1v) is 15.8. The number of anilines is 2. The molecule has 240 valence electrons. The third-order valence-electron chi connectivity index (χ3n) is 7.75. The number of piperazine rings is 2. The fraction of sp³-hybridized carbons (Fsp3) is 0.353. The van der Waals surface area contributed by atoms with Crippen molar-refractivity contribution in [3.8, 4) is 35.4 Å². The number of ether oxygens (including phenoxy) is 3. The number of aromatic nitrogens is 4. The second-order valence-electron chi connectivity index (χ2n) is 11.0. The summed E-state index contributed by atoms with van der Waals surface area (Å²) in [5.74, 6) is 3.33. The normalized spacial score (nSPS) is 14.6. The van der Waals surface area contributed by atoms with Crippen molar-refractivity contribution < 1.29 is 14.2 Å². The molecule has 0 amide bonds. The SMILES string of the molecule is N#Cc1cccc(OCCc2cnc(Oc3ncc(CCOc4cccc(C#N)c4)nc3N3CCNCC3)c(N3CCNCC3)n2)c1. The van der Waals surface area contributed by atoms with E-state index in [0.29, 0.717) is 72.1 Å². The molecular weight excluding hydrogens is 596 g/mol. The number of nitrogens with one attached hydrogen (secondary N) is 2. The zero-order valence-corrected chi connectivity index (χ0v) is 26.1. The summed E-state index contributed by atoms with van der Waals surface area (Å²) in [6.07, 6.45) is 4.49. The fourth-order valence-electron chi connectivity index (χ4n) is 5.31. The highest BCUT2D eigenvalue weighted by Crippen LogP contribution is 2.33. The molecule has 13 heteroatoms. The molecule has 2 aromatic heterocycles. The van der Waals surface area contributed by atoms with Gasteiger partial charge in [-0.3, -0.25) is 0 Å².